The molecular formula is C16H27N3O4. The Morgan fingerprint density at radius 2 is 1.96 bits per heavy atom. The van der Waals surface area contributed by atoms with Crippen LogP contribution in [0.25, 0.3) is 0 Å². The predicted octanol–water partition coefficient (Wildman–Crippen LogP) is 1.42. The topological polar surface area (TPSA) is 111 Å². The van der Waals surface area contributed by atoms with Crippen LogP contribution in [0.5, 0.6) is 0 Å². The summed E-state index contributed by atoms with van der Waals surface area (Å²) in [4.78, 5) is 22.9. The van der Waals surface area contributed by atoms with Gasteiger partial charge in [-0.05, 0) is 18.8 Å². The first-order valence-electron chi connectivity index (χ1n) is 7.89. The van der Waals surface area contributed by atoms with Gasteiger partial charge < -0.3 is 20.5 Å². The third kappa shape index (κ3) is 9.53. The molecule has 0 aromatic heterocycles. The summed E-state index contributed by atoms with van der Waals surface area (Å²) in [6.07, 6.45) is 4.19. The molecule has 0 aliphatic heterocycles. The Morgan fingerprint density at radius 1 is 1.30 bits per heavy atom. The van der Waals surface area contributed by atoms with E-state index in [-0.39, 0.29) is 11.5 Å². The van der Waals surface area contributed by atoms with Crippen molar-refractivity contribution in [3.63, 3.8) is 0 Å². The van der Waals surface area contributed by atoms with Gasteiger partial charge in [0, 0.05) is 26.0 Å². The molecule has 0 aromatic carbocycles. The first kappa shape index (κ1) is 20.9. The lowest BCUT2D eigenvalue weighted by Gasteiger charge is -2.17. The molecule has 0 spiro atoms. The number of aliphatic carboxylic acids is 1. The minimum absolute atomic E-state index is 0.149. The van der Waals surface area contributed by atoms with E-state index in [0.29, 0.717) is 13.2 Å². The van der Waals surface area contributed by atoms with Crippen LogP contribution in [0.1, 0.15) is 40.0 Å². The smallest absolute Gasteiger partial charge is 0.326 e. The predicted molar refractivity (Wildman–Crippen MR) is 86.4 cm³/mol. The summed E-state index contributed by atoms with van der Waals surface area (Å²) >= 11 is 0. The van der Waals surface area contributed by atoms with Crippen LogP contribution in [0.4, 0.5) is 0 Å². The van der Waals surface area contributed by atoms with Gasteiger partial charge in [0.15, 0.2) is 0 Å². The molecule has 0 aromatic rings. The highest BCUT2D eigenvalue weighted by Crippen LogP contribution is 2.03. The maximum absolute atomic E-state index is 11.9. The van der Waals surface area contributed by atoms with Crippen LogP contribution in [0, 0.1) is 17.2 Å². The fraction of sp³-hybridized carbons (Fsp3) is 0.688. The molecule has 23 heavy (non-hydrogen) atoms. The van der Waals surface area contributed by atoms with Crippen molar-refractivity contribution in [2.24, 2.45) is 5.92 Å². The van der Waals surface area contributed by atoms with Crippen molar-refractivity contribution in [3.05, 3.63) is 11.8 Å². The molecule has 0 aliphatic rings. The number of nitrogens with one attached hydrogen (secondary N) is 2. The molecule has 130 valence electrons. The quantitative estimate of drug-likeness (QED) is 0.284. The third-order valence-corrected chi connectivity index (χ3v) is 3.08. The van der Waals surface area contributed by atoms with E-state index >= 15 is 0 Å². The number of hydrogen-bond donors (Lipinski definition) is 3. The number of carboxylic acid groups (broad SMARTS) is 1. The van der Waals surface area contributed by atoms with Gasteiger partial charge in [0.25, 0.3) is 5.91 Å². The second kappa shape index (κ2) is 12.5. The maximum atomic E-state index is 11.9. The molecule has 3 N–H and O–H groups in total. The summed E-state index contributed by atoms with van der Waals surface area (Å²) in [6, 6.07) is 0.744. The Bertz CT molecular complexity index is 441. The van der Waals surface area contributed by atoms with Crippen LogP contribution in [0.3, 0.4) is 0 Å². The highest BCUT2D eigenvalue weighted by Gasteiger charge is 2.24. The van der Waals surface area contributed by atoms with Crippen LogP contribution in [0.15, 0.2) is 11.8 Å². The summed E-state index contributed by atoms with van der Waals surface area (Å²) in [5.41, 5.74) is -0.149. The Balaban J connectivity index is 4.23. The normalized spacial score (nSPS) is 12.6. The molecule has 1 amide bonds. The lowest BCUT2D eigenvalue weighted by Crippen LogP contribution is -2.44. The van der Waals surface area contributed by atoms with E-state index < -0.39 is 17.9 Å². The van der Waals surface area contributed by atoms with Crippen LogP contribution in [-0.4, -0.2) is 42.8 Å². The van der Waals surface area contributed by atoms with Gasteiger partial charge in [-0.25, -0.2) is 4.79 Å². The zero-order chi connectivity index (χ0) is 17.7. The number of nitrogens with zero attached hydrogens (tertiary/aromatic N) is 1. The Labute approximate surface area is 137 Å². The van der Waals surface area contributed by atoms with E-state index in [2.05, 4.69) is 17.6 Å². The number of carbonyl (C=O) groups excluding carboxylic acids is 1. The second-order valence-electron chi connectivity index (χ2n) is 5.48. The van der Waals surface area contributed by atoms with Gasteiger partial charge in [-0.15, -0.1) is 0 Å². The fourth-order valence-electron chi connectivity index (χ4n) is 1.68. The zero-order valence-corrected chi connectivity index (χ0v) is 14.1. The second-order valence-corrected chi connectivity index (χ2v) is 5.48. The summed E-state index contributed by atoms with van der Waals surface area (Å²) in [6.45, 7) is 7.39. The van der Waals surface area contributed by atoms with Gasteiger partial charge in [0.1, 0.15) is 17.7 Å². The molecule has 0 heterocycles. The first-order valence-corrected chi connectivity index (χ1v) is 7.89. The molecule has 0 fully saturated rings. The number of nitriles is 1. The largest absolute Gasteiger partial charge is 0.480 e. The van der Waals surface area contributed by atoms with Gasteiger partial charge >= 0.3 is 5.97 Å². The molecule has 0 rings (SSSR count). The zero-order valence-electron chi connectivity index (χ0n) is 14.1. The summed E-state index contributed by atoms with van der Waals surface area (Å²) in [7, 11) is 0. The van der Waals surface area contributed by atoms with E-state index in [1.54, 1.807) is 19.9 Å². The van der Waals surface area contributed by atoms with Crippen molar-refractivity contribution in [1.82, 2.24) is 10.6 Å². The molecule has 1 atom stereocenters. The van der Waals surface area contributed by atoms with Gasteiger partial charge in [-0.3, -0.25) is 4.79 Å². The molecule has 7 heteroatoms. The number of carbonyl (C=O) groups is 2. The minimum Gasteiger partial charge on any atom is -0.480 e. The molecule has 0 bridgehead atoms. The average Bonchev–Trinajstić information content (AvgIpc) is 2.50. The van der Waals surface area contributed by atoms with Crippen LogP contribution in [-0.2, 0) is 14.3 Å². The van der Waals surface area contributed by atoms with E-state index in [4.69, 9.17) is 15.1 Å². The number of ether oxygens (including phenoxy) is 1. The molecule has 1 unspecified atom stereocenters. The highest BCUT2D eigenvalue weighted by atomic mass is 16.5. The maximum Gasteiger partial charge on any atom is 0.326 e. The lowest BCUT2D eigenvalue weighted by atomic mass is 10.0. The van der Waals surface area contributed by atoms with Gasteiger partial charge in [0.05, 0.1) is 0 Å². The van der Waals surface area contributed by atoms with E-state index in [1.807, 2.05) is 0 Å². The average molecular weight is 325 g/mol. The van der Waals surface area contributed by atoms with E-state index in [0.717, 1.165) is 25.9 Å². The summed E-state index contributed by atoms with van der Waals surface area (Å²) < 4.78 is 5.39. The fourth-order valence-corrected chi connectivity index (χ4v) is 1.68. The van der Waals surface area contributed by atoms with Crippen molar-refractivity contribution < 1.29 is 19.4 Å². The van der Waals surface area contributed by atoms with E-state index in [1.165, 1.54) is 6.20 Å². The SMILES string of the molecule is CCCCOCCCN/C=C(/C#N)C(=O)NC(C(=O)O)C(C)C. The molecule has 0 saturated heterocycles. The molecule has 7 nitrogen and oxygen atoms in total. The molecular weight excluding hydrogens is 298 g/mol. The van der Waals surface area contributed by atoms with E-state index in [9.17, 15) is 9.59 Å². The molecule has 0 aliphatic carbocycles. The number of carboxylic acids is 1. The third-order valence-electron chi connectivity index (χ3n) is 3.08. The lowest BCUT2D eigenvalue weighted by molar-refractivity contribution is -0.142. The van der Waals surface area contributed by atoms with Crippen molar-refractivity contribution in [1.29, 1.82) is 5.26 Å². The van der Waals surface area contributed by atoms with Crippen molar-refractivity contribution in [2.75, 3.05) is 19.8 Å². The number of unbranched alkanes of at least 4 members (excludes halogenated alkanes) is 1. The Hall–Kier alpha value is -2.07. The summed E-state index contributed by atoms with van der Waals surface area (Å²) in [5, 5.41) is 23.2. The van der Waals surface area contributed by atoms with Gasteiger partial charge in [-0.2, -0.15) is 5.26 Å². The molecule has 0 radical (unpaired) electrons. The van der Waals surface area contributed by atoms with Crippen molar-refractivity contribution in [2.45, 2.75) is 46.1 Å². The van der Waals surface area contributed by atoms with Crippen LogP contribution >= 0.6 is 0 Å². The monoisotopic (exact) mass is 325 g/mol. The van der Waals surface area contributed by atoms with Gasteiger partial charge in [-0.1, -0.05) is 27.2 Å². The standard InChI is InChI=1S/C16H27N3O4/c1-4-5-8-23-9-6-7-18-11-13(10-17)15(20)19-14(12(2)3)16(21)22/h11-12,14,18H,4-9H2,1-3H3,(H,19,20)(H,21,22)/b13-11-. The van der Waals surface area contributed by atoms with Crippen LogP contribution < -0.4 is 10.6 Å². The highest BCUT2D eigenvalue weighted by molar-refractivity contribution is 5.99. The van der Waals surface area contributed by atoms with Crippen LogP contribution in [0.2, 0.25) is 0 Å². The number of hydrogen-bond acceptors (Lipinski definition) is 5. The number of amides is 1. The minimum atomic E-state index is -1.12. The first-order chi connectivity index (χ1) is 10.9. The summed E-state index contributed by atoms with van der Waals surface area (Å²) in [5.74, 6) is -2.09. The molecule has 0 saturated carbocycles. The van der Waals surface area contributed by atoms with Gasteiger partial charge in [0.2, 0.25) is 0 Å². The van der Waals surface area contributed by atoms with Crippen molar-refractivity contribution in [3.8, 4) is 6.07 Å². The Kier molecular flexibility index (Phi) is 11.3. The van der Waals surface area contributed by atoms with Crippen molar-refractivity contribution >= 4 is 11.9 Å². The Morgan fingerprint density at radius 3 is 2.48 bits per heavy atom. The number of rotatable bonds is 12.